The first kappa shape index (κ1) is 15.5. The van der Waals surface area contributed by atoms with E-state index in [-0.39, 0.29) is 23.6 Å². The second-order valence-electron chi connectivity index (χ2n) is 5.78. The number of carbonyl (C=O) groups excluding carboxylic acids is 1. The zero-order valence-corrected chi connectivity index (χ0v) is 13.4. The van der Waals surface area contributed by atoms with Crippen LogP contribution in [-0.4, -0.2) is 33.3 Å². The summed E-state index contributed by atoms with van der Waals surface area (Å²) in [4.78, 5) is 26.6. The van der Waals surface area contributed by atoms with Gasteiger partial charge < -0.3 is 15.0 Å². The predicted molar refractivity (Wildman–Crippen MR) is 84.3 cm³/mol. The Labute approximate surface area is 133 Å². The zero-order valence-electron chi connectivity index (χ0n) is 13.4. The van der Waals surface area contributed by atoms with E-state index in [0.717, 1.165) is 17.0 Å². The van der Waals surface area contributed by atoms with Gasteiger partial charge in [0.2, 0.25) is 0 Å². The van der Waals surface area contributed by atoms with Crippen LogP contribution in [-0.2, 0) is 11.8 Å². The summed E-state index contributed by atoms with van der Waals surface area (Å²) < 4.78 is 7.65. The number of pyridine rings is 1. The van der Waals surface area contributed by atoms with Gasteiger partial charge in [-0.05, 0) is 32.4 Å². The Morgan fingerprint density at radius 3 is 2.91 bits per heavy atom. The quantitative estimate of drug-likeness (QED) is 0.883. The maximum atomic E-state index is 12.4. The van der Waals surface area contributed by atoms with Gasteiger partial charge in [-0.1, -0.05) is 0 Å². The van der Waals surface area contributed by atoms with Crippen molar-refractivity contribution in [2.45, 2.75) is 32.4 Å². The molecule has 3 rings (SSSR count). The third-order valence-corrected chi connectivity index (χ3v) is 4.32. The normalized spacial score (nSPS) is 20.7. The van der Waals surface area contributed by atoms with Gasteiger partial charge in [-0.25, -0.2) is 0 Å². The summed E-state index contributed by atoms with van der Waals surface area (Å²) in [6.07, 6.45) is 1.97. The molecule has 2 aromatic rings. The number of aromatic nitrogens is 3. The molecule has 1 aliphatic heterocycles. The summed E-state index contributed by atoms with van der Waals surface area (Å²) in [5.74, 6) is -0.383. The Morgan fingerprint density at radius 1 is 1.48 bits per heavy atom. The van der Waals surface area contributed by atoms with Crippen LogP contribution in [0.2, 0.25) is 0 Å². The molecule has 0 unspecified atom stereocenters. The predicted octanol–water partition coefficient (Wildman–Crippen LogP) is 0.985. The smallest absolute Gasteiger partial charge is 0.260 e. The summed E-state index contributed by atoms with van der Waals surface area (Å²) in [5.41, 5.74) is 2.64. The molecule has 2 aromatic heterocycles. The number of hydrogen-bond acceptors (Lipinski definition) is 4. The molecule has 3 heterocycles. The maximum absolute atomic E-state index is 12.4. The average molecular weight is 316 g/mol. The van der Waals surface area contributed by atoms with Gasteiger partial charge in [0.25, 0.3) is 11.5 Å². The van der Waals surface area contributed by atoms with E-state index in [0.29, 0.717) is 13.0 Å². The molecule has 122 valence electrons. The molecule has 1 amide bonds. The van der Waals surface area contributed by atoms with Crippen LogP contribution >= 0.6 is 0 Å². The summed E-state index contributed by atoms with van der Waals surface area (Å²) in [6.45, 7) is 4.48. The number of hydrogen-bond donors (Lipinski definition) is 2. The molecule has 0 aliphatic carbocycles. The molecule has 2 N–H and O–H groups in total. The van der Waals surface area contributed by atoms with Crippen molar-refractivity contribution in [3.05, 3.63) is 51.2 Å². The van der Waals surface area contributed by atoms with Crippen LogP contribution in [0.5, 0.6) is 0 Å². The number of carbonyl (C=O) groups is 1. The molecule has 7 nitrogen and oxygen atoms in total. The van der Waals surface area contributed by atoms with Crippen LogP contribution in [0.4, 0.5) is 0 Å². The number of amides is 1. The minimum atomic E-state index is -0.394. The van der Waals surface area contributed by atoms with Crippen molar-refractivity contribution in [1.29, 1.82) is 0 Å². The zero-order chi connectivity index (χ0) is 16.6. The van der Waals surface area contributed by atoms with Crippen molar-refractivity contribution >= 4 is 5.91 Å². The molecule has 0 aromatic carbocycles. The molecular formula is C16H20N4O3. The molecule has 1 fully saturated rings. The first-order valence-electron chi connectivity index (χ1n) is 7.59. The van der Waals surface area contributed by atoms with Crippen LogP contribution in [0.15, 0.2) is 23.1 Å². The second-order valence-corrected chi connectivity index (χ2v) is 5.78. The fourth-order valence-corrected chi connectivity index (χ4v) is 3.07. The van der Waals surface area contributed by atoms with E-state index in [1.807, 2.05) is 25.6 Å². The number of H-pyrrole nitrogens is 1. The molecule has 0 spiro atoms. The lowest BCUT2D eigenvalue weighted by Gasteiger charge is -2.20. The molecule has 0 saturated carbocycles. The Balaban J connectivity index is 1.84. The fourth-order valence-electron chi connectivity index (χ4n) is 3.07. The van der Waals surface area contributed by atoms with Gasteiger partial charge in [0.1, 0.15) is 11.7 Å². The number of rotatable bonds is 3. The highest BCUT2D eigenvalue weighted by Gasteiger charge is 2.35. The minimum Gasteiger partial charge on any atom is -0.371 e. The first-order chi connectivity index (χ1) is 11.0. The SMILES string of the molecule is Cc1nn(C)c(C)c1[C@H]1OCC[C@@H]1NC(=O)c1ccc[nH]c1=O. The number of ether oxygens (including phenoxy) is 1. The third kappa shape index (κ3) is 2.79. The summed E-state index contributed by atoms with van der Waals surface area (Å²) >= 11 is 0. The third-order valence-electron chi connectivity index (χ3n) is 4.32. The van der Waals surface area contributed by atoms with Gasteiger partial charge in [0.15, 0.2) is 0 Å². The van der Waals surface area contributed by atoms with E-state index in [1.54, 1.807) is 6.07 Å². The highest BCUT2D eigenvalue weighted by Crippen LogP contribution is 2.33. The maximum Gasteiger partial charge on any atom is 0.260 e. The Kier molecular flexibility index (Phi) is 4.04. The fraction of sp³-hybridized carbons (Fsp3) is 0.438. The van der Waals surface area contributed by atoms with Crippen LogP contribution in [0, 0.1) is 13.8 Å². The van der Waals surface area contributed by atoms with Gasteiger partial charge >= 0.3 is 0 Å². The van der Waals surface area contributed by atoms with E-state index >= 15 is 0 Å². The van der Waals surface area contributed by atoms with Crippen molar-refractivity contribution in [3.63, 3.8) is 0 Å². The highest BCUT2D eigenvalue weighted by molar-refractivity contribution is 5.94. The van der Waals surface area contributed by atoms with E-state index in [1.165, 1.54) is 12.3 Å². The topological polar surface area (TPSA) is 89.0 Å². The van der Waals surface area contributed by atoms with Crippen molar-refractivity contribution < 1.29 is 9.53 Å². The van der Waals surface area contributed by atoms with E-state index in [2.05, 4.69) is 15.4 Å². The Bertz CT molecular complexity index is 793. The largest absolute Gasteiger partial charge is 0.371 e. The van der Waals surface area contributed by atoms with Crippen LogP contribution in [0.25, 0.3) is 0 Å². The van der Waals surface area contributed by atoms with Crippen molar-refractivity contribution in [1.82, 2.24) is 20.1 Å². The molecule has 2 atom stereocenters. The van der Waals surface area contributed by atoms with E-state index < -0.39 is 5.56 Å². The molecular weight excluding hydrogens is 296 g/mol. The van der Waals surface area contributed by atoms with E-state index in [4.69, 9.17) is 4.74 Å². The lowest BCUT2D eigenvalue weighted by Crippen LogP contribution is -2.39. The summed E-state index contributed by atoms with van der Waals surface area (Å²) in [7, 11) is 1.89. The minimum absolute atomic E-state index is 0.109. The van der Waals surface area contributed by atoms with Gasteiger partial charge in [-0.2, -0.15) is 5.10 Å². The van der Waals surface area contributed by atoms with Gasteiger partial charge in [0, 0.05) is 31.1 Å². The molecule has 0 bridgehead atoms. The molecule has 0 radical (unpaired) electrons. The molecule has 23 heavy (non-hydrogen) atoms. The Hall–Kier alpha value is -2.41. The van der Waals surface area contributed by atoms with Gasteiger partial charge in [-0.15, -0.1) is 0 Å². The molecule has 1 aliphatic rings. The number of aromatic amines is 1. The molecule has 1 saturated heterocycles. The van der Waals surface area contributed by atoms with E-state index in [9.17, 15) is 9.59 Å². The number of nitrogens with zero attached hydrogens (tertiary/aromatic N) is 2. The lowest BCUT2D eigenvalue weighted by atomic mass is 10.00. The standard InChI is InChI=1S/C16H20N4O3/c1-9-13(10(2)20(3)19-9)14-12(6-8-23-14)18-16(22)11-5-4-7-17-15(11)21/h4-5,7,12,14H,6,8H2,1-3H3,(H,17,21)(H,18,22)/t12-,14-/m0/s1. The summed E-state index contributed by atoms with van der Waals surface area (Å²) in [6, 6.07) is 2.97. The average Bonchev–Trinajstić information content (AvgIpc) is 3.04. The monoisotopic (exact) mass is 316 g/mol. The van der Waals surface area contributed by atoms with Crippen molar-refractivity contribution in [3.8, 4) is 0 Å². The van der Waals surface area contributed by atoms with Crippen LogP contribution < -0.4 is 10.9 Å². The van der Waals surface area contributed by atoms with Crippen LogP contribution in [0.3, 0.4) is 0 Å². The molecule has 7 heteroatoms. The van der Waals surface area contributed by atoms with Crippen LogP contribution in [0.1, 0.15) is 39.8 Å². The number of aryl methyl sites for hydroxylation is 2. The van der Waals surface area contributed by atoms with Gasteiger partial charge in [0.05, 0.1) is 11.7 Å². The Morgan fingerprint density at radius 2 is 2.26 bits per heavy atom. The van der Waals surface area contributed by atoms with Crippen molar-refractivity contribution in [2.75, 3.05) is 6.61 Å². The number of nitrogens with one attached hydrogen (secondary N) is 2. The highest BCUT2D eigenvalue weighted by atomic mass is 16.5. The lowest BCUT2D eigenvalue weighted by molar-refractivity contribution is 0.0816. The second kappa shape index (κ2) is 6.00. The van der Waals surface area contributed by atoms with Gasteiger partial charge in [-0.3, -0.25) is 14.3 Å². The van der Waals surface area contributed by atoms with Crippen molar-refractivity contribution in [2.24, 2.45) is 7.05 Å². The first-order valence-corrected chi connectivity index (χ1v) is 7.59. The summed E-state index contributed by atoms with van der Waals surface area (Å²) in [5, 5.41) is 7.34.